The predicted molar refractivity (Wildman–Crippen MR) is 94.5 cm³/mol. The Labute approximate surface area is 145 Å². The molecule has 3 aliphatic rings. The first-order valence-electron chi connectivity index (χ1n) is 9.75. The largest absolute Gasteiger partial charge is 0.355 e. The molecule has 2 amide bonds. The van der Waals surface area contributed by atoms with E-state index in [9.17, 15) is 9.59 Å². The maximum Gasteiger partial charge on any atom is 0.225 e. The van der Waals surface area contributed by atoms with Crippen LogP contribution in [0.1, 0.15) is 58.8 Å². The molecule has 2 aliphatic heterocycles. The molecule has 1 aliphatic carbocycles. The van der Waals surface area contributed by atoms with E-state index in [1.54, 1.807) is 0 Å². The van der Waals surface area contributed by atoms with Gasteiger partial charge in [0.05, 0.1) is 5.92 Å². The van der Waals surface area contributed by atoms with E-state index in [-0.39, 0.29) is 23.1 Å². The molecule has 2 N–H and O–H groups in total. The highest BCUT2D eigenvalue weighted by Crippen LogP contribution is 2.31. The molecule has 3 fully saturated rings. The van der Waals surface area contributed by atoms with Gasteiger partial charge in [-0.15, -0.1) is 0 Å². The van der Waals surface area contributed by atoms with Crippen LogP contribution in [0.25, 0.3) is 0 Å². The molecule has 2 heterocycles. The summed E-state index contributed by atoms with van der Waals surface area (Å²) in [4.78, 5) is 26.9. The van der Waals surface area contributed by atoms with Crippen molar-refractivity contribution < 1.29 is 9.59 Å². The number of rotatable bonds is 4. The predicted octanol–water partition coefficient (Wildman–Crippen LogP) is 1.92. The van der Waals surface area contributed by atoms with Gasteiger partial charge in [-0.05, 0) is 62.9 Å². The maximum absolute atomic E-state index is 12.6. The second-order valence-electron chi connectivity index (χ2n) is 8.64. The minimum atomic E-state index is -0.151. The van der Waals surface area contributed by atoms with Crippen molar-refractivity contribution in [3.05, 3.63) is 0 Å². The van der Waals surface area contributed by atoms with E-state index in [1.807, 2.05) is 4.90 Å². The summed E-state index contributed by atoms with van der Waals surface area (Å²) < 4.78 is 0. The van der Waals surface area contributed by atoms with E-state index in [1.165, 1.54) is 12.8 Å². The average Bonchev–Trinajstić information content (AvgIpc) is 2.96. The van der Waals surface area contributed by atoms with Crippen LogP contribution in [-0.2, 0) is 9.59 Å². The Balaban J connectivity index is 1.48. The molecule has 0 spiro atoms. The monoisotopic (exact) mass is 335 g/mol. The van der Waals surface area contributed by atoms with Crippen LogP contribution >= 0.6 is 0 Å². The van der Waals surface area contributed by atoms with Crippen LogP contribution in [0.3, 0.4) is 0 Å². The van der Waals surface area contributed by atoms with Gasteiger partial charge in [-0.2, -0.15) is 0 Å². The third kappa shape index (κ3) is 4.11. The van der Waals surface area contributed by atoms with E-state index in [0.29, 0.717) is 19.0 Å². The second kappa shape index (κ2) is 7.42. The molecule has 1 unspecified atom stereocenters. The van der Waals surface area contributed by atoms with Gasteiger partial charge in [0, 0.05) is 25.6 Å². The number of amides is 2. The van der Waals surface area contributed by atoms with Gasteiger partial charge in [-0.1, -0.05) is 13.8 Å². The number of carbonyl (C=O) groups is 2. The summed E-state index contributed by atoms with van der Waals surface area (Å²) >= 11 is 0. The number of piperidine rings is 1. The van der Waals surface area contributed by atoms with Crippen LogP contribution in [0.4, 0.5) is 0 Å². The summed E-state index contributed by atoms with van der Waals surface area (Å²) in [7, 11) is 0. The van der Waals surface area contributed by atoms with Gasteiger partial charge >= 0.3 is 0 Å². The molecule has 1 atom stereocenters. The lowest BCUT2D eigenvalue weighted by molar-refractivity contribution is -0.131. The second-order valence-corrected chi connectivity index (χ2v) is 8.64. The minimum absolute atomic E-state index is 0.0785. The van der Waals surface area contributed by atoms with Crippen molar-refractivity contribution in [1.29, 1.82) is 0 Å². The fourth-order valence-corrected chi connectivity index (χ4v) is 4.47. The van der Waals surface area contributed by atoms with E-state index >= 15 is 0 Å². The van der Waals surface area contributed by atoms with Gasteiger partial charge < -0.3 is 15.5 Å². The average molecular weight is 335 g/mol. The van der Waals surface area contributed by atoms with E-state index in [4.69, 9.17) is 0 Å². The van der Waals surface area contributed by atoms with Crippen molar-refractivity contribution in [2.45, 2.75) is 64.8 Å². The lowest BCUT2D eigenvalue weighted by atomic mass is 9.81. The molecule has 0 aromatic heterocycles. The highest BCUT2D eigenvalue weighted by atomic mass is 16.2. The van der Waals surface area contributed by atoms with Crippen molar-refractivity contribution in [3.63, 3.8) is 0 Å². The third-order valence-electron chi connectivity index (χ3n) is 6.46. The molecule has 24 heavy (non-hydrogen) atoms. The van der Waals surface area contributed by atoms with Crippen molar-refractivity contribution in [2.75, 3.05) is 26.2 Å². The highest BCUT2D eigenvalue weighted by molar-refractivity contribution is 5.89. The van der Waals surface area contributed by atoms with Gasteiger partial charge in [-0.25, -0.2) is 0 Å². The topological polar surface area (TPSA) is 61.4 Å². The smallest absolute Gasteiger partial charge is 0.225 e. The Morgan fingerprint density at radius 3 is 2.58 bits per heavy atom. The molecule has 5 heteroatoms. The Morgan fingerprint density at radius 1 is 1.25 bits per heavy atom. The van der Waals surface area contributed by atoms with Gasteiger partial charge in [0.15, 0.2) is 0 Å². The summed E-state index contributed by atoms with van der Waals surface area (Å²) in [5.41, 5.74) is 0.197. The molecule has 0 aromatic rings. The molecular formula is C19H33N3O2. The zero-order valence-corrected chi connectivity index (χ0v) is 15.3. The number of hydrogen-bond donors (Lipinski definition) is 2. The van der Waals surface area contributed by atoms with Gasteiger partial charge in [0.25, 0.3) is 0 Å². The molecule has 1 saturated carbocycles. The lowest BCUT2D eigenvalue weighted by Gasteiger charge is -2.35. The van der Waals surface area contributed by atoms with E-state index in [2.05, 4.69) is 24.5 Å². The highest BCUT2D eigenvalue weighted by Gasteiger charge is 2.39. The van der Waals surface area contributed by atoms with Crippen molar-refractivity contribution in [1.82, 2.24) is 15.5 Å². The Bertz CT molecular complexity index is 465. The summed E-state index contributed by atoms with van der Waals surface area (Å²) in [5.74, 6) is 0.892. The van der Waals surface area contributed by atoms with Gasteiger partial charge in [0.1, 0.15) is 0 Å². The first-order valence-corrected chi connectivity index (χ1v) is 9.75. The van der Waals surface area contributed by atoms with Crippen LogP contribution in [0.5, 0.6) is 0 Å². The number of nitrogens with zero attached hydrogens (tertiary/aromatic N) is 1. The molecule has 0 radical (unpaired) electrons. The lowest BCUT2D eigenvalue weighted by Crippen LogP contribution is -2.45. The molecule has 5 nitrogen and oxygen atoms in total. The standard InChI is InChI=1S/C19H33N3O2/c1-14-3-5-16(6-4-14)22-12-15(11-17(22)23)18(24)21-13-19(2)7-9-20-10-8-19/h14-16,20H,3-13H2,1-2H3,(H,21,24). The number of hydrogen-bond acceptors (Lipinski definition) is 3. The van der Waals surface area contributed by atoms with Crippen LogP contribution in [0, 0.1) is 17.3 Å². The zero-order valence-electron chi connectivity index (χ0n) is 15.3. The molecule has 0 bridgehead atoms. The Morgan fingerprint density at radius 2 is 1.92 bits per heavy atom. The van der Waals surface area contributed by atoms with Crippen LogP contribution in [0.15, 0.2) is 0 Å². The van der Waals surface area contributed by atoms with E-state index < -0.39 is 0 Å². The summed E-state index contributed by atoms with van der Waals surface area (Å²) in [6, 6.07) is 0.369. The number of likely N-dealkylation sites (tertiary alicyclic amines) is 1. The summed E-state index contributed by atoms with van der Waals surface area (Å²) in [6.07, 6.45) is 7.22. The van der Waals surface area contributed by atoms with Crippen LogP contribution < -0.4 is 10.6 Å². The fraction of sp³-hybridized carbons (Fsp3) is 0.895. The molecule has 2 saturated heterocycles. The van der Waals surface area contributed by atoms with Crippen molar-refractivity contribution >= 4 is 11.8 Å². The van der Waals surface area contributed by atoms with Gasteiger partial charge in [-0.3, -0.25) is 9.59 Å². The summed E-state index contributed by atoms with van der Waals surface area (Å²) in [5, 5.41) is 6.51. The number of carbonyl (C=O) groups excluding carboxylic acids is 2. The first kappa shape index (κ1) is 17.7. The first-order chi connectivity index (χ1) is 11.5. The minimum Gasteiger partial charge on any atom is -0.355 e. The fourth-order valence-electron chi connectivity index (χ4n) is 4.47. The molecule has 0 aromatic carbocycles. The van der Waals surface area contributed by atoms with Crippen LogP contribution in [-0.4, -0.2) is 48.9 Å². The van der Waals surface area contributed by atoms with E-state index in [0.717, 1.165) is 51.2 Å². The van der Waals surface area contributed by atoms with Crippen molar-refractivity contribution in [3.8, 4) is 0 Å². The molecule has 3 rings (SSSR count). The Kier molecular flexibility index (Phi) is 5.48. The zero-order chi connectivity index (χ0) is 17.2. The third-order valence-corrected chi connectivity index (χ3v) is 6.46. The summed E-state index contributed by atoms with van der Waals surface area (Å²) in [6.45, 7) is 7.97. The van der Waals surface area contributed by atoms with Crippen LogP contribution in [0.2, 0.25) is 0 Å². The SMILES string of the molecule is CC1CCC(N2CC(C(=O)NCC3(C)CCNCC3)CC2=O)CC1. The maximum atomic E-state index is 12.6. The quantitative estimate of drug-likeness (QED) is 0.825. The molecule has 136 valence electrons. The molecular weight excluding hydrogens is 302 g/mol. The Hall–Kier alpha value is -1.10. The number of nitrogens with one attached hydrogen (secondary N) is 2. The van der Waals surface area contributed by atoms with Crippen molar-refractivity contribution in [2.24, 2.45) is 17.3 Å². The van der Waals surface area contributed by atoms with Gasteiger partial charge in [0.2, 0.25) is 11.8 Å². The normalized spacial score (nSPS) is 33.5.